The van der Waals surface area contributed by atoms with Gasteiger partial charge in [0, 0.05) is 44.0 Å². The minimum absolute atomic E-state index is 0.137. The third kappa shape index (κ3) is 2.96. The van der Waals surface area contributed by atoms with Crippen molar-refractivity contribution in [2.45, 2.75) is 20.4 Å². The van der Waals surface area contributed by atoms with E-state index in [2.05, 4.69) is 33.9 Å². The first-order valence-corrected chi connectivity index (χ1v) is 8.38. The third-order valence-corrected chi connectivity index (χ3v) is 5.15. The number of amides is 1. The van der Waals surface area contributed by atoms with E-state index in [1.54, 1.807) is 0 Å². The molecule has 0 aliphatic carbocycles. The minimum Gasteiger partial charge on any atom is -0.348 e. The van der Waals surface area contributed by atoms with E-state index in [0.29, 0.717) is 4.91 Å². The van der Waals surface area contributed by atoms with Crippen LogP contribution in [0.2, 0.25) is 0 Å². The van der Waals surface area contributed by atoms with Crippen molar-refractivity contribution in [1.29, 1.82) is 0 Å². The highest BCUT2D eigenvalue weighted by Gasteiger charge is 2.28. The summed E-state index contributed by atoms with van der Waals surface area (Å²) < 4.78 is 1.93. The molecule has 7 heteroatoms. The van der Waals surface area contributed by atoms with Crippen molar-refractivity contribution in [1.82, 2.24) is 19.6 Å². The van der Waals surface area contributed by atoms with Crippen LogP contribution in [0.25, 0.3) is 6.08 Å². The number of thioether (sulfide) groups is 1. The first-order chi connectivity index (χ1) is 10.6. The Hall–Kier alpha value is -1.60. The van der Waals surface area contributed by atoms with Gasteiger partial charge in [-0.3, -0.25) is 9.48 Å². The van der Waals surface area contributed by atoms with Gasteiger partial charge in [-0.25, -0.2) is 0 Å². The normalized spacial score (nSPS) is 21.8. The van der Waals surface area contributed by atoms with Gasteiger partial charge in [0.15, 0.2) is 5.17 Å². The number of carbonyl (C=O) groups excluding carboxylic acids is 1. The van der Waals surface area contributed by atoms with E-state index in [4.69, 9.17) is 0 Å². The Labute approximate surface area is 134 Å². The minimum atomic E-state index is -0.137. The van der Waals surface area contributed by atoms with Crippen LogP contribution < -0.4 is 0 Å². The number of hydrogen-bond acceptors (Lipinski definition) is 5. The Morgan fingerprint density at radius 3 is 2.68 bits per heavy atom. The smallest absolute Gasteiger partial charge is 0.286 e. The predicted molar refractivity (Wildman–Crippen MR) is 89.7 cm³/mol. The molecule has 118 valence electrons. The summed E-state index contributed by atoms with van der Waals surface area (Å²) in [6.07, 6.45) is 3.72. The van der Waals surface area contributed by atoms with Gasteiger partial charge >= 0.3 is 0 Å². The van der Waals surface area contributed by atoms with Gasteiger partial charge in [-0.05, 0) is 38.7 Å². The molecule has 0 N–H and O–H groups in total. The molecule has 2 aliphatic rings. The Kier molecular flexibility index (Phi) is 4.35. The number of hydrogen-bond donors (Lipinski definition) is 0. The number of aromatic nitrogens is 2. The number of carbonyl (C=O) groups is 1. The molecule has 22 heavy (non-hydrogen) atoms. The highest BCUT2D eigenvalue weighted by molar-refractivity contribution is 8.18. The Balaban J connectivity index is 1.74. The summed E-state index contributed by atoms with van der Waals surface area (Å²) in [5.74, 6) is -0.137. The number of aliphatic imine (C=N–C) groups is 1. The lowest BCUT2D eigenvalue weighted by molar-refractivity contribution is -0.113. The van der Waals surface area contributed by atoms with Crippen LogP contribution in [-0.4, -0.2) is 63.9 Å². The van der Waals surface area contributed by atoms with Gasteiger partial charge in [-0.15, -0.1) is 0 Å². The van der Waals surface area contributed by atoms with Crippen LogP contribution in [0, 0.1) is 6.92 Å². The summed E-state index contributed by atoms with van der Waals surface area (Å²) in [5, 5.41) is 5.15. The molecule has 0 radical (unpaired) electrons. The number of amidine groups is 1. The third-order valence-electron chi connectivity index (χ3n) is 4.11. The zero-order valence-electron chi connectivity index (χ0n) is 13.2. The highest BCUT2D eigenvalue weighted by Crippen LogP contribution is 2.31. The maximum Gasteiger partial charge on any atom is 0.286 e. The molecule has 0 spiro atoms. The summed E-state index contributed by atoms with van der Waals surface area (Å²) in [6, 6.07) is 0. The van der Waals surface area contributed by atoms with Crippen LogP contribution in [0.3, 0.4) is 0 Å². The summed E-state index contributed by atoms with van der Waals surface area (Å²) >= 11 is 1.48. The molecule has 3 rings (SSSR count). The first-order valence-electron chi connectivity index (χ1n) is 7.57. The predicted octanol–water partition coefficient (Wildman–Crippen LogP) is 1.43. The quantitative estimate of drug-likeness (QED) is 0.772. The van der Waals surface area contributed by atoms with E-state index in [-0.39, 0.29) is 5.91 Å². The van der Waals surface area contributed by atoms with E-state index in [0.717, 1.165) is 49.1 Å². The molecule has 0 bridgehead atoms. The van der Waals surface area contributed by atoms with Crippen LogP contribution in [0.1, 0.15) is 18.2 Å². The molecule has 1 amide bonds. The van der Waals surface area contributed by atoms with Gasteiger partial charge in [-0.1, -0.05) is 0 Å². The fourth-order valence-corrected chi connectivity index (χ4v) is 3.55. The van der Waals surface area contributed by atoms with Gasteiger partial charge in [0.2, 0.25) is 0 Å². The van der Waals surface area contributed by atoms with Gasteiger partial charge in [0.1, 0.15) is 0 Å². The molecule has 1 aromatic heterocycles. The van der Waals surface area contributed by atoms with Crippen molar-refractivity contribution >= 4 is 28.9 Å². The van der Waals surface area contributed by atoms with Crippen molar-refractivity contribution < 1.29 is 4.79 Å². The standard InChI is InChI=1S/C15H21N5OS/c1-4-20-11(2)12(10-16-20)9-13-14(21)17-15(22-13)19-7-5-18(3)6-8-19/h9-10H,4-8H2,1-3H3. The van der Waals surface area contributed by atoms with E-state index >= 15 is 0 Å². The molecule has 0 saturated carbocycles. The SMILES string of the molecule is CCn1ncc(C=C2SC(N3CCN(C)CC3)=NC2=O)c1C. The van der Waals surface area contributed by atoms with Crippen molar-refractivity contribution in [3.05, 3.63) is 22.4 Å². The van der Waals surface area contributed by atoms with Crippen LogP contribution in [0.5, 0.6) is 0 Å². The zero-order chi connectivity index (χ0) is 15.7. The van der Waals surface area contributed by atoms with Crippen molar-refractivity contribution in [2.75, 3.05) is 33.2 Å². The fourth-order valence-electron chi connectivity index (χ4n) is 2.59. The second kappa shape index (κ2) is 6.26. The molecule has 2 aliphatic heterocycles. The van der Waals surface area contributed by atoms with Crippen molar-refractivity contribution in [3.8, 4) is 0 Å². The molecular weight excluding hydrogens is 298 g/mol. The Morgan fingerprint density at radius 2 is 2.05 bits per heavy atom. The number of likely N-dealkylation sites (N-methyl/N-ethyl adjacent to an activating group) is 1. The molecule has 0 aromatic carbocycles. The summed E-state index contributed by atoms with van der Waals surface area (Å²) in [7, 11) is 2.12. The molecule has 1 saturated heterocycles. The molecule has 1 fully saturated rings. The van der Waals surface area contributed by atoms with Gasteiger partial charge in [-0.2, -0.15) is 10.1 Å². The van der Waals surface area contributed by atoms with Crippen LogP contribution >= 0.6 is 11.8 Å². The molecule has 0 unspecified atom stereocenters. The van der Waals surface area contributed by atoms with Crippen molar-refractivity contribution in [2.24, 2.45) is 4.99 Å². The number of rotatable bonds is 2. The average Bonchev–Trinajstić information content (AvgIpc) is 3.04. The van der Waals surface area contributed by atoms with Gasteiger partial charge in [0.25, 0.3) is 5.91 Å². The lowest BCUT2D eigenvalue weighted by atomic mass is 10.2. The van der Waals surface area contributed by atoms with E-state index in [1.807, 2.05) is 23.9 Å². The van der Waals surface area contributed by atoms with E-state index < -0.39 is 0 Å². The summed E-state index contributed by atoms with van der Waals surface area (Å²) in [5.41, 5.74) is 2.07. The summed E-state index contributed by atoms with van der Waals surface area (Å²) in [6.45, 7) is 8.78. The molecule has 1 aromatic rings. The second-order valence-electron chi connectivity index (χ2n) is 5.60. The monoisotopic (exact) mass is 319 g/mol. The Bertz CT molecular complexity index is 640. The molecule has 6 nitrogen and oxygen atoms in total. The van der Waals surface area contributed by atoms with Crippen LogP contribution in [0.4, 0.5) is 0 Å². The van der Waals surface area contributed by atoms with Gasteiger partial charge in [0.05, 0.1) is 11.1 Å². The molecule has 0 atom stereocenters. The first kappa shape index (κ1) is 15.3. The zero-order valence-corrected chi connectivity index (χ0v) is 14.1. The maximum atomic E-state index is 12.1. The van der Waals surface area contributed by atoms with Gasteiger partial charge < -0.3 is 9.80 Å². The lowest BCUT2D eigenvalue weighted by Gasteiger charge is -2.32. The fraction of sp³-hybridized carbons (Fsp3) is 0.533. The van der Waals surface area contributed by atoms with E-state index in [1.165, 1.54) is 11.8 Å². The summed E-state index contributed by atoms with van der Waals surface area (Å²) in [4.78, 5) is 21.5. The number of nitrogens with zero attached hydrogens (tertiary/aromatic N) is 5. The largest absolute Gasteiger partial charge is 0.348 e. The number of piperazine rings is 1. The van der Waals surface area contributed by atoms with Crippen LogP contribution in [-0.2, 0) is 11.3 Å². The lowest BCUT2D eigenvalue weighted by Crippen LogP contribution is -2.46. The van der Waals surface area contributed by atoms with Crippen LogP contribution in [0.15, 0.2) is 16.1 Å². The molecular formula is C15H21N5OS. The number of aryl methyl sites for hydroxylation is 1. The second-order valence-corrected chi connectivity index (χ2v) is 6.61. The maximum absolute atomic E-state index is 12.1. The highest BCUT2D eigenvalue weighted by atomic mass is 32.2. The Morgan fingerprint density at radius 1 is 1.32 bits per heavy atom. The van der Waals surface area contributed by atoms with E-state index in [9.17, 15) is 4.79 Å². The van der Waals surface area contributed by atoms with Crippen molar-refractivity contribution in [3.63, 3.8) is 0 Å². The average molecular weight is 319 g/mol. The molecule has 3 heterocycles. The topological polar surface area (TPSA) is 53.7 Å².